The second-order valence-electron chi connectivity index (χ2n) is 9.49. The molecule has 0 aromatic heterocycles. The van der Waals surface area contributed by atoms with Crippen molar-refractivity contribution in [2.75, 3.05) is 39.6 Å². The third-order valence-corrected chi connectivity index (χ3v) is 7.42. The van der Waals surface area contributed by atoms with Gasteiger partial charge in [-0.15, -0.1) is 0 Å². The number of ketones is 1. The summed E-state index contributed by atoms with van der Waals surface area (Å²) in [4.78, 5) is 11.2. The number of carbonyl (C=O) groups is 1. The summed E-state index contributed by atoms with van der Waals surface area (Å²) in [7, 11) is 2.57. The maximum absolute atomic E-state index is 11.2. The van der Waals surface area contributed by atoms with Crippen LogP contribution in [0.1, 0.15) is 34.4 Å². The quantitative estimate of drug-likeness (QED) is 0.506. The van der Waals surface area contributed by atoms with E-state index in [-0.39, 0.29) is 24.3 Å². The van der Waals surface area contributed by atoms with Crippen molar-refractivity contribution in [2.24, 2.45) is 5.73 Å². The molecule has 196 valence electrons. The van der Waals surface area contributed by atoms with Crippen LogP contribution in [0.3, 0.4) is 0 Å². The lowest BCUT2D eigenvalue weighted by atomic mass is 9.95. The Morgan fingerprint density at radius 2 is 1.16 bits per heavy atom. The van der Waals surface area contributed by atoms with Crippen molar-refractivity contribution < 1.29 is 19.0 Å². The first-order chi connectivity index (χ1) is 18.2. The minimum Gasteiger partial charge on any atom is -0.379 e. The Morgan fingerprint density at radius 3 is 1.65 bits per heavy atom. The lowest BCUT2D eigenvalue weighted by molar-refractivity contribution is -0.118. The molecule has 0 spiro atoms. The molecule has 3 aliphatic rings. The second kappa shape index (κ2) is 14.5. The average molecular weight is 521 g/mol. The highest BCUT2D eigenvalue weighted by molar-refractivity contribution is 7.13. The Labute approximate surface area is 222 Å². The van der Waals surface area contributed by atoms with Crippen molar-refractivity contribution in [3.63, 3.8) is 0 Å². The van der Waals surface area contributed by atoms with Crippen LogP contribution in [-0.4, -0.2) is 57.5 Å². The number of hydrogen-bond acceptors (Lipinski definition) is 6. The summed E-state index contributed by atoms with van der Waals surface area (Å²) in [5.41, 5.74) is 9.61. The molecular weight excluding hydrogens is 483 g/mol. The van der Waals surface area contributed by atoms with E-state index in [0.717, 1.165) is 25.4 Å². The molecule has 0 radical (unpaired) electrons. The van der Waals surface area contributed by atoms with Crippen LogP contribution < -0.4 is 10.8 Å². The number of nitrogens with one attached hydrogen (secondary N) is 1. The Morgan fingerprint density at radius 1 is 0.649 bits per heavy atom. The van der Waals surface area contributed by atoms with Crippen molar-refractivity contribution in [3.8, 4) is 0 Å². The number of ether oxygens (including phenoxy) is 3. The fraction of sp³-hybridized carbons (Fsp3) is 0.367. The molecule has 0 bridgehead atoms. The van der Waals surface area contributed by atoms with Crippen molar-refractivity contribution in [2.45, 2.75) is 29.8 Å². The van der Waals surface area contributed by atoms with Gasteiger partial charge in [0.05, 0.1) is 39.0 Å². The van der Waals surface area contributed by atoms with Gasteiger partial charge < -0.3 is 19.9 Å². The van der Waals surface area contributed by atoms with Crippen LogP contribution in [0.15, 0.2) is 91.0 Å². The first kappa shape index (κ1) is 27.6. The maximum Gasteiger partial charge on any atom is 0.168 e. The number of carbonyl (C=O) groups excluding carboxylic acids is 1. The van der Waals surface area contributed by atoms with E-state index < -0.39 is 0 Å². The summed E-state index contributed by atoms with van der Waals surface area (Å²) < 4.78 is 15.8. The van der Waals surface area contributed by atoms with Gasteiger partial charge in [-0.3, -0.25) is 9.88 Å². The first-order valence-corrected chi connectivity index (χ1v) is 13.4. The van der Waals surface area contributed by atoms with Crippen LogP contribution in [0.5, 0.6) is 0 Å². The maximum atomic E-state index is 11.2. The third-order valence-electron chi connectivity index (χ3n) is 6.99. The third kappa shape index (κ3) is 7.78. The zero-order valence-corrected chi connectivity index (χ0v) is 22.2. The highest BCUT2D eigenvalue weighted by atomic mass is 31.0. The van der Waals surface area contributed by atoms with E-state index in [4.69, 9.17) is 19.9 Å². The molecule has 0 aliphatic carbocycles. The Balaban J connectivity index is 0.000000130. The van der Waals surface area contributed by atoms with Crippen molar-refractivity contribution >= 4 is 15.2 Å². The number of nitrogens with two attached hydrogens (primary N) is 1. The molecule has 2 unspecified atom stereocenters. The van der Waals surface area contributed by atoms with Gasteiger partial charge in [-0.1, -0.05) is 100 Å². The van der Waals surface area contributed by atoms with Gasteiger partial charge in [0.1, 0.15) is 6.61 Å². The Hall–Kier alpha value is -2.44. The van der Waals surface area contributed by atoms with Gasteiger partial charge >= 0.3 is 0 Å². The molecule has 3 N–H and O–H groups in total. The molecule has 37 heavy (non-hydrogen) atoms. The molecule has 3 fully saturated rings. The molecule has 3 aromatic carbocycles. The van der Waals surface area contributed by atoms with Crippen LogP contribution >= 0.6 is 9.39 Å². The summed E-state index contributed by atoms with van der Waals surface area (Å²) in [6.45, 7) is 3.92. The van der Waals surface area contributed by atoms with Crippen LogP contribution in [0, 0.1) is 0 Å². The smallest absolute Gasteiger partial charge is 0.168 e. The van der Waals surface area contributed by atoms with E-state index in [0.29, 0.717) is 31.1 Å². The van der Waals surface area contributed by atoms with E-state index in [2.05, 4.69) is 50.9 Å². The minimum atomic E-state index is -0.0220. The number of rotatable bonds is 4. The van der Waals surface area contributed by atoms with E-state index in [1.54, 1.807) is 0 Å². The fourth-order valence-corrected chi connectivity index (χ4v) is 5.13. The van der Waals surface area contributed by atoms with E-state index in [1.165, 1.54) is 11.1 Å². The molecule has 3 saturated heterocycles. The highest BCUT2D eigenvalue weighted by Gasteiger charge is 2.28. The SMILES string of the molecule is N[C@@H]1COC[C@@H]1c1ccccc1.O=C1COCC1c1ccccc1.PN[C@@H]1COC[C@@H]1c1ccccc1. The molecule has 6 nitrogen and oxygen atoms in total. The average Bonchev–Trinajstić information content (AvgIpc) is 3.72. The predicted molar refractivity (Wildman–Crippen MR) is 150 cm³/mol. The highest BCUT2D eigenvalue weighted by Crippen LogP contribution is 2.26. The van der Waals surface area contributed by atoms with E-state index in [9.17, 15) is 4.79 Å². The normalized spacial score (nSPS) is 26.6. The van der Waals surface area contributed by atoms with Gasteiger partial charge in [-0.25, -0.2) is 0 Å². The number of hydrogen-bond donors (Lipinski definition) is 2. The summed E-state index contributed by atoms with van der Waals surface area (Å²) in [6.07, 6.45) is 0. The zero-order chi connectivity index (χ0) is 25.9. The number of Topliss-reactive ketones (excluding diaryl/α,β-unsaturated/α-hetero) is 1. The topological polar surface area (TPSA) is 82.8 Å². The van der Waals surface area contributed by atoms with Crippen LogP contribution in [0.4, 0.5) is 0 Å². The molecule has 3 heterocycles. The molecule has 0 amide bonds. The summed E-state index contributed by atoms with van der Waals surface area (Å²) in [6, 6.07) is 31.2. The zero-order valence-electron chi connectivity index (χ0n) is 21.1. The predicted octanol–water partition coefficient (Wildman–Crippen LogP) is 4.05. The standard InChI is InChI=1S/C10H14NOP.C10H13NO.C10H10O2/c13-11-10-7-12-6-9(10)8-4-2-1-3-5-8;2*11-10-7-12-6-9(10)8-4-2-1-3-5-8/h1-5,9-11H,6-7,13H2;1-5,9-10H,6-7,11H2;1-5,9H,6-7H2/t2*9-,10-;/m11./s1. The van der Waals surface area contributed by atoms with Gasteiger partial charge in [0, 0.05) is 23.9 Å². The Bertz CT molecular complexity index is 1070. The summed E-state index contributed by atoms with van der Waals surface area (Å²) in [5, 5.41) is 3.20. The van der Waals surface area contributed by atoms with Gasteiger partial charge in [0.25, 0.3) is 0 Å². The van der Waals surface area contributed by atoms with Gasteiger partial charge in [0.15, 0.2) is 5.78 Å². The van der Waals surface area contributed by atoms with Crippen molar-refractivity contribution in [1.29, 1.82) is 0 Å². The Kier molecular flexibility index (Phi) is 10.8. The summed E-state index contributed by atoms with van der Waals surface area (Å²) >= 11 is 0. The first-order valence-electron chi connectivity index (χ1n) is 12.8. The molecule has 6 rings (SSSR count). The van der Waals surface area contributed by atoms with Crippen LogP contribution in [0.25, 0.3) is 0 Å². The summed E-state index contributed by atoms with van der Waals surface area (Å²) in [5.74, 6) is 1.07. The molecule has 0 saturated carbocycles. The van der Waals surface area contributed by atoms with Crippen LogP contribution in [0.2, 0.25) is 0 Å². The van der Waals surface area contributed by atoms with Gasteiger partial charge in [-0.2, -0.15) is 0 Å². The molecule has 3 aromatic rings. The lowest BCUT2D eigenvalue weighted by Gasteiger charge is -2.16. The molecule has 7 heteroatoms. The number of benzene rings is 3. The molecule has 3 aliphatic heterocycles. The largest absolute Gasteiger partial charge is 0.379 e. The van der Waals surface area contributed by atoms with Crippen LogP contribution in [-0.2, 0) is 19.0 Å². The molecule has 6 atom stereocenters. The van der Waals surface area contributed by atoms with Crippen molar-refractivity contribution in [3.05, 3.63) is 108 Å². The van der Waals surface area contributed by atoms with E-state index in [1.807, 2.05) is 54.6 Å². The van der Waals surface area contributed by atoms with Gasteiger partial charge in [0.2, 0.25) is 0 Å². The lowest BCUT2D eigenvalue weighted by Crippen LogP contribution is -2.26. The fourth-order valence-electron chi connectivity index (χ4n) is 4.80. The molecular formula is C30H37N2O4P. The van der Waals surface area contributed by atoms with Crippen molar-refractivity contribution in [1.82, 2.24) is 5.09 Å². The second-order valence-corrected chi connectivity index (χ2v) is 9.82. The minimum absolute atomic E-state index is 0.0220. The van der Waals surface area contributed by atoms with Gasteiger partial charge in [-0.05, 0) is 16.7 Å². The monoisotopic (exact) mass is 520 g/mol. The van der Waals surface area contributed by atoms with E-state index >= 15 is 0 Å².